The second kappa shape index (κ2) is 15.0. The number of carbonyl (C=O) groups excluding carboxylic acids is 2. The largest absolute Gasteiger partial charge is 0.390 e. The van der Waals surface area contributed by atoms with E-state index in [1.54, 1.807) is 24.3 Å². The highest BCUT2D eigenvalue weighted by Gasteiger charge is 2.23. The minimum atomic E-state index is -0.860. The van der Waals surface area contributed by atoms with E-state index < -0.39 is 12.1 Å². The predicted octanol–water partition coefficient (Wildman–Crippen LogP) is 5.01. The Morgan fingerprint density at radius 3 is 2.28 bits per heavy atom. The van der Waals surface area contributed by atoms with Crippen LogP contribution in [-0.2, 0) is 19.5 Å². The first kappa shape index (κ1) is 32.0. The molecule has 43 heavy (non-hydrogen) atoms. The molecule has 4 rings (SSSR count). The van der Waals surface area contributed by atoms with Crippen molar-refractivity contribution in [3.8, 4) is 0 Å². The predicted molar refractivity (Wildman–Crippen MR) is 171 cm³/mol. The summed E-state index contributed by atoms with van der Waals surface area (Å²) in [4.78, 5) is 35.3. The van der Waals surface area contributed by atoms with E-state index in [1.807, 2.05) is 56.5 Å². The molecule has 0 aliphatic heterocycles. The van der Waals surface area contributed by atoms with Crippen LogP contribution in [0.15, 0.2) is 66.0 Å². The van der Waals surface area contributed by atoms with E-state index in [-0.39, 0.29) is 18.4 Å². The SMILES string of the molecule is Cc1csc(CNC(=O)c2cccc(C(=O)N[C@@H](Cc3ccccc3)[C@H](O)CNCc3cc(C(C)C)c(C)nc3C)c2)n1. The lowest BCUT2D eigenvalue weighted by atomic mass is 9.98. The number of aliphatic hydroxyl groups is 1. The van der Waals surface area contributed by atoms with E-state index in [0.717, 1.165) is 33.2 Å². The fraction of sp³-hybridized carbons (Fsp3) is 0.353. The Labute approximate surface area is 258 Å². The van der Waals surface area contributed by atoms with Crippen molar-refractivity contribution in [1.82, 2.24) is 25.9 Å². The molecule has 0 aliphatic rings. The van der Waals surface area contributed by atoms with Gasteiger partial charge < -0.3 is 21.1 Å². The number of nitrogens with one attached hydrogen (secondary N) is 3. The van der Waals surface area contributed by atoms with Crippen molar-refractivity contribution >= 4 is 23.2 Å². The van der Waals surface area contributed by atoms with Crippen LogP contribution in [0.5, 0.6) is 0 Å². The lowest BCUT2D eigenvalue weighted by molar-refractivity contribution is 0.0830. The Bertz CT molecular complexity index is 1540. The summed E-state index contributed by atoms with van der Waals surface area (Å²) in [6.45, 7) is 11.4. The second-order valence-electron chi connectivity index (χ2n) is 11.2. The fourth-order valence-corrected chi connectivity index (χ4v) is 5.70. The number of benzene rings is 2. The molecule has 0 saturated heterocycles. The summed E-state index contributed by atoms with van der Waals surface area (Å²) in [7, 11) is 0. The summed E-state index contributed by atoms with van der Waals surface area (Å²) in [6, 6.07) is 18.0. The van der Waals surface area contributed by atoms with Gasteiger partial charge in [-0.25, -0.2) is 4.98 Å². The molecule has 2 heterocycles. The van der Waals surface area contributed by atoms with Crippen LogP contribution in [0, 0.1) is 20.8 Å². The van der Waals surface area contributed by atoms with Gasteiger partial charge in [0.2, 0.25) is 0 Å². The van der Waals surface area contributed by atoms with Gasteiger partial charge >= 0.3 is 0 Å². The van der Waals surface area contributed by atoms with E-state index in [0.29, 0.717) is 36.6 Å². The zero-order valence-corrected chi connectivity index (χ0v) is 26.3. The van der Waals surface area contributed by atoms with Crippen molar-refractivity contribution < 1.29 is 14.7 Å². The van der Waals surface area contributed by atoms with Crippen LogP contribution in [0.1, 0.15) is 79.3 Å². The summed E-state index contributed by atoms with van der Waals surface area (Å²) < 4.78 is 0. The first-order valence-electron chi connectivity index (χ1n) is 14.6. The van der Waals surface area contributed by atoms with Gasteiger partial charge in [-0.1, -0.05) is 56.3 Å². The minimum Gasteiger partial charge on any atom is -0.390 e. The van der Waals surface area contributed by atoms with E-state index >= 15 is 0 Å². The average Bonchev–Trinajstić information content (AvgIpc) is 3.41. The maximum Gasteiger partial charge on any atom is 0.251 e. The maximum absolute atomic E-state index is 13.4. The molecule has 2 aromatic carbocycles. The van der Waals surface area contributed by atoms with Crippen molar-refractivity contribution in [2.24, 2.45) is 0 Å². The first-order chi connectivity index (χ1) is 20.6. The van der Waals surface area contributed by atoms with Crippen LogP contribution >= 0.6 is 11.3 Å². The smallest absolute Gasteiger partial charge is 0.251 e. The highest BCUT2D eigenvalue weighted by Crippen LogP contribution is 2.21. The summed E-state index contributed by atoms with van der Waals surface area (Å²) in [5, 5.41) is 23.3. The first-order valence-corrected chi connectivity index (χ1v) is 15.5. The number of aromatic nitrogens is 2. The number of hydrogen-bond donors (Lipinski definition) is 4. The van der Waals surface area contributed by atoms with Gasteiger partial charge in [-0.3, -0.25) is 14.6 Å². The number of rotatable bonds is 13. The zero-order valence-electron chi connectivity index (χ0n) is 25.5. The topological polar surface area (TPSA) is 116 Å². The minimum absolute atomic E-state index is 0.279. The van der Waals surface area contributed by atoms with Crippen LogP contribution < -0.4 is 16.0 Å². The Morgan fingerprint density at radius 2 is 1.60 bits per heavy atom. The van der Waals surface area contributed by atoms with E-state index in [1.165, 1.54) is 16.9 Å². The molecule has 226 valence electrons. The van der Waals surface area contributed by atoms with Crippen LogP contribution in [0.4, 0.5) is 0 Å². The van der Waals surface area contributed by atoms with Gasteiger partial charge in [0.05, 0.1) is 18.7 Å². The molecule has 4 aromatic rings. The van der Waals surface area contributed by atoms with Gasteiger partial charge in [-0.15, -0.1) is 11.3 Å². The molecule has 0 fully saturated rings. The Hall–Kier alpha value is -3.92. The molecular weight excluding hydrogens is 558 g/mol. The van der Waals surface area contributed by atoms with Crippen molar-refractivity contribution in [1.29, 1.82) is 0 Å². The normalized spacial score (nSPS) is 12.6. The van der Waals surface area contributed by atoms with E-state index in [2.05, 4.69) is 40.8 Å². The van der Waals surface area contributed by atoms with Gasteiger partial charge in [0.15, 0.2) is 0 Å². The number of aryl methyl sites for hydroxylation is 3. The quantitative estimate of drug-likeness (QED) is 0.172. The monoisotopic (exact) mass is 599 g/mol. The molecular formula is C34H41N5O3S. The summed E-state index contributed by atoms with van der Waals surface area (Å²) in [6.07, 6.45) is -0.411. The molecule has 0 aliphatic carbocycles. The Morgan fingerprint density at radius 1 is 0.884 bits per heavy atom. The van der Waals surface area contributed by atoms with Crippen LogP contribution in [-0.4, -0.2) is 45.6 Å². The molecule has 0 unspecified atom stereocenters. The van der Waals surface area contributed by atoms with Crippen LogP contribution in [0.2, 0.25) is 0 Å². The third-order valence-electron chi connectivity index (χ3n) is 7.37. The van der Waals surface area contributed by atoms with E-state index in [9.17, 15) is 14.7 Å². The highest BCUT2D eigenvalue weighted by atomic mass is 32.1. The van der Waals surface area contributed by atoms with Crippen molar-refractivity contribution in [2.45, 2.75) is 72.2 Å². The Kier molecular flexibility index (Phi) is 11.2. The molecule has 8 nitrogen and oxygen atoms in total. The Balaban J connectivity index is 1.42. The zero-order chi connectivity index (χ0) is 30.9. The van der Waals surface area contributed by atoms with Crippen LogP contribution in [0.25, 0.3) is 0 Å². The molecule has 4 N–H and O–H groups in total. The number of carbonyl (C=O) groups is 2. The molecule has 0 saturated carbocycles. The van der Waals surface area contributed by atoms with Gasteiger partial charge in [0.1, 0.15) is 5.01 Å². The standard InChI is InChI=1S/C34H41N5O3S/c1-21(2)29-16-28(23(4)38-24(29)5)17-35-18-31(40)30(14-25-10-7-6-8-11-25)39-34(42)27-13-9-12-26(15-27)33(41)36-19-32-37-22(3)20-43-32/h6-13,15-16,20-21,30-31,35,40H,14,17-19H2,1-5H3,(H,36,41)(H,39,42)/t30-,31+/m0/s1. The van der Waals surface area contributed by atoms with Crippen LogP contribution in [0.3, 0.4) is 0 Å². The lowest BCUT2D eigenvalue weighted by Crippen LogP contribution is -2.48. The van der Waals surface area contributed by atoms with Gasteiger partial charge in [0.25, 0.3) is 11.8 Å². The van der Waals surface area contributed by atoms with Gasteiger partial charge in [-0.05, 0) is 68.0 Å². The number of aliphatic hydroxyl groups excluding tert-OH is 1. The van der Waals surface area contributed by atoms with Gasteiger partial charge in [-0.2, -0.15) is 0 Å². The summed E-state index contributed by atoms with van der Waals surface area (Å²) in [5.74, 6) is -0.269. The molecule has 2 aromatic heterocycles. The maximum atomic E-state index is 13.4. The van der Waals surface area contributed by atoms with Gasteiger partial charge in [0, 0.05) is 46.7 Å². The van der Waals surface area contributed by atoms with Crippen molar-refractivity contribution in [3.05, 3.63) is 116 Å². The molecule has 2 atom stereocenters. The third-order valence-corrected chi connectivity index (χ3v) is 8.34. The number of thiazole rings is 1. The van der Waals surface area contributed by atoms with Crippen molar-refractivity contribution in [3.63, 3.8) is 0 Å². The molecule has 0 bridgehead atoms. The second-order valence-corrected chi connectivity index (χ2v) is 12.1. The highest BCUT2D eigenvalue weighted by molar-refractivity contribution is 7.09. The lowest BCUT2D eigenvalue weighted by Gasteiger charge is -2.25. The fourth-order valence-electron chi connectivity index (χ4n) is 4.99. The number of hydrogen-bond acceptors (Lipinski definition) is 7. The number of pyridine rings is 1. The van der Waals surface area contributed by atoms with E-state index in [4.69, 9.17) is 4.98 Å². The number of amides is 2. The average molecular weight is 600 g/mol. The summed E-state index contributed by atoms with van der Waals surface area (Å²) in [5.41, 5.74) is 6.94. The summed E-state index contributed by atoms with van der Waals surface area (Å²) >= 11 is 1.49. The third kappa shape index (κ3) is 9.03. The molecule has 9 heteroatoms. The molecule has 0 spiro atoms. The van der Waals surface area contributed by atoms with Crippen molar-refractivity contribution in [2.75, 3.05) is 6.54 Å². The molecule has 0 radical (unpaired) electrons. The molecule has 2 amide bonds. The number of nitrogens with zero attached hydrogens (tertiary/aromatic N) is 2.